The van der Waals surface area contributed by atoms with Crippen LogP contribution in [0.4, 0.5) is 10.5 Å². The summed E-state index contributed by atoms with van der Waals surface area (Å²) in [7, 11) is -3.71. The Bertz CT molecular complexity index is 771. The molecule has 2 rings (SSSR count). The van der Waals surface area contributed by atoms with Crippen molar-refractivity contribution in [1.82, 2.24) is 9.62 Å². The van der Waals surface area contributed by atoms with Crippen molar-refractivity contribution >= 4 is 33.3 Å². The fraction of sp³-hybridized carbons (Fsp3) is 0.632. The van der Waals surface area contributed by atoms with Crippen LogP contribution in [0.25, 0.3) is 0 Å². The number of rotatable bonds is 6. The summed E-state index contributed by atoms with van der Waals surface area (Å²) in [5.74, 6) is 0.249. The van der Waals surface area contributed by atoms with Gasteiger partial charge in [0.15, 0.2) is 0 Å². The second kappa shape index (κ2) is 8.37. The molecule has 8 heteroatoms. The van der Waals surface area contributed by atoms with E-state index in [0.717, 1.165) is 11.1 Å². The summed E-state index contributed by atoms with van der Waals surface area (Å²) in [6, 6.07) is 3.19. The highest BCUT2D eigenvalue weighted by molar-refractivity contribution is 7.90. The smallest absolute Gasteiger partial charge is 0.307 e. The van der Waals surface area contributed by atoms with Crippen molar-refractivity contribution in [1.29, 1.82) is 0 Å². The summed E-state index contributed by atoms with van der Waals surface area (Å²) < 4.78 is 27.1. The lowest BCUT2D eigenvalue weighted by Gasteiger charge is -2.41. The lowest BCUT2D eigenvalue weighted by molar-refractivity contribution is 0.141. The van der Waals surface area contributed by atoms with Gasteiger partial charge in [-0.25, -0.2) is 17.9 Å². The zero-order valence-corrected chi connectivity index (χ0v) is 18.4. The number of hydrogen-bond donors (Lipinski definition) is 2. The molecule has 1 aromatic rings. The fourth-order valence-corrected chi connectivity index (χ4v) is 4.63. The molecule has 0 atom stereocenters. The van der Waals surface area contributed by atoms with Gasteiger partial charge in [0.25, 0.3) is 0 Å². The first kappa shape index (κ1) is 22.0. The highest BCUT2D eigenvalue weighted by Gasteiger charge is 2.39. The molecule has 0 aromatic heterocycles. The van der Waals surface area contributed by atoms with Crippen molar-refractivity contribution in [3.8, 4) is 0 Å². The van der Waals surface area contributed by atoms with E-state index in [1.54, 1.807) is 0 Å². The van der Waals surface area contributed by atoms with Crippen LogP contribution >= 0.6 is 11.6 Å². The molecule has 6 nitrogen and oxygen atoms in total. The third-order valence-corrected chi connectivity index (χ3v) is 6.79. The molecule has 1 fully saturated rings. The van der Waals surface area contributed by atoms with E-state index >= 15 is 0 Å². The summed E-state index contributed by atoms with van der Waals surface area (Å²) in [6.45, 7) is 12.9. The first-order valence-electron chi connectivity index (χ1n) is 9.32. The van der Waals surface area contributed by atoms with E-state index in [0.29, 0.717) is 29.8 Å². The van der Waals surface area contributed by atoms with Crippen LogP contribution in [0, 0.1) is 0 Å². The van der Waals surface area contributed by atoms with E-state index in [1.165, 1.54) is 0 Å². The number of anilines is 1. The minimum atomic E-state index is -3.71. The molecule has 0 aliphatic carbocycles. The normalized spacial score (nSPS) is 16.1. The molecule has 0 unspecified atom stereocenters. The summed E-state index contributed by atoms with van der Waals surface area (Å²) in [5, 5.41) is 2.80. The maximum absolute atomic E-state index is 12.5. The lowest BCUT2D eigenvalue weighted by atomic mass is 9.92. The quantitative estimate of drug-likeness (QED) is 0.732. The van der Waals surface area contributed by atoms with Gasteiger partial charge in [0.1, 0.15) is 5.25 Å². The Morgan fingerprint density at radius 3 is 1.96 bits per heavy atom. The monoisotopic (exact) mass is 415 g/mol. The third-order valence-electron chi connectivity index (χ3n) is 4.93. The molecular formula is C19H30ClN3O3S. The predicted molar refractivity (Wildman–Crippen MR) is 111 cm³/mol. The van der Waals surface area contributed by atoms with E-state index in [9.17, 15) is 13.2 Å². The largest absolute Gasteiger partial charge is 0.332 e. The molecule has 0 radical (unpaired) electrons. The van der Waals surface area contributed by atoms with Gasteiger partial charge in [-0.05, 0) is 48.9 Å². The van der Waals surface area contributed by atoms with Crippen LogP contribution in [-0.4, -0.2) is 43.7 Å². The molecule has 27 heavy (non-hydrogen) atoms. The van der Waals surface area contributed by atoms with Gasteiger partial charge in [0, 0.05) is 29.8 Å². The second-order valence-corrected chi connectivity index (χ2v) is 10.4. The number of urea groups is 1. The zero-order valence-electron chi connectivity index (χ0n) is 16.8. The Morgan fingerprint density at radius 2 is 1.56 bits per heavy atom. The molecule has 1 heterocycles. The Balaban J connectivity index is 2.18. The van der Waals surface area contributed by atoms with Crippen molar-refractivity contribution in [2.24, 2.45) is 0 Å². The van der Waals surface area contributed by atoms with Crippen LogP contribution in [0.2, 0.25) is 5.02 Å². The number of halogens is 1. The van der Waals surface area contributed by atoms with Gasteiger partial charge in [-0.3, -0.25) is 4.90 Å². The van der Waals surface area contributed by atoms with Gasteiger partial charge in [0.05, 0.1) is 0 Å². The van der Waals surface area contributed by atoms with Crippen molar-refractivity contribution in [2.45, 2.75) is 64.7 Å². The molecule has 2 amide bonds. The second-order valence-electron chi connectivity index (χ2n) is 8.04. The average Bonchev–Trinajstić information content (AvgIpc) is 2.44. The summed E-state index contributed by atoms with van der Waals surface area (Å²) in [6.07, 6.45) is 0. The van der Waals surface area contributed by atoms with Gasteiger partial charge >= 0.3 is 6.03 Å². The van der Waals surface area contributed by atoms with Crippen LogP contribution in [0.15, 0.2) is 12.1 Å². The van der Waals surface area contributed by atoms with Crippen LogP contribution in [0.5, 0.6) is 0 Å². The maximum atomic E-state index is 12.5. The number of nitrogens with zero attached hydrogens (tertiary/aromatic N) is 1. The average molecular weight is 416 g/mol. The van der Waals surface area contributed by atoms with Crippen molar-refractivity contribution in [3.05, 3.63) is 28.3 Å². The number of carbonyl (C=O) groups excluding carboxylic acids is 1. The molecule has 2 N–H and O–H groups in total. The molecule has 1 aliphatic rings. The van der Waals surface area contributed by atoms with Crippen molar-refractivity contribution < 1.29 is 13.2 Å². The van der Waals surface area contributed by atoms with Gasteiger partial charge in [-0.2, -0.15) is 0 Å². The van der Waals surface area contributed by atoms with E-state index in [2.05, 4.69) is 14.9 Å². The number of nitrogens with one attached hydrogen (secondary N) is 2. The molecule has 0 bridgehead atoms. The Hall–Kier alpha value is -1.31. The molecule has 152 valence electrons. The van der Waals surface area contributed by atoms with Crippen molar-refractivity contribution in [2.75, 3.05) is 18.4 Å². The number of sulfonamides is 1. The molecule has 1 aliphatic heterocycles. The van der Waals surface area contributed by atoms with E-state index < -0.39 is 21.3 Å². The van der Waals surface area contributed by atoms with Crippen LogP contribution in [-0.2, 0) is 10.0 Å². The Morgan fingerprint density at radius 1 is 1.07 bits per heavy atom. The molecule has 1 saturated heterocycles. The van der Waals surface area contributed by atoms with E-state index in [-0.39, 0.29) is 11.8 Å². The molecule has 0 saturated carbocycles. The zero-order chi connectivity index (χ0) is 20.5. The molecule has 0 spiro atoms. The standard InChI is InChI=1S/C19H30ClN3O3S/c1-11(2)16-7-14(20)8-17(12(3)4)18(16)21-19(24)22-27(25,26)15-9-23(10-15)13(5)6/h7-8,11-13,15H,9-10H2,1-6H3,(H2,21,22,24). The minimum absolute atomic E-state index is 0.124. The highest BCUT2D eigenvalue weighted by atomic mass is 35.5. The maximum Gasteiger partial charge on any atom is 0.332 e. The highest BCUT2D eigenvalue weighted by Crippen LogP contribution is 2.35. The van der Waals surface area contributed by atoms with E-state index in [1.807, 2.05) is 53.7 Å². The van der Waals surface area contributed by atoms with Gasteiger partial charge in [0.2, 0.25) is 10.0 Å². The number of carbonyl (C=O) groups is 1. The predicted octanol–water partition coefficient (Wildman–Crippen LogP) is 4.13. The van der Waals surface area contributed by atoms with Gasteiger partial charge in [-0.15, -0.1) is 0 Å². The first-order chi connectivity index (χ1) is 12.4. The van der Waals surface area contributed by atoms with Crippen molar-refractivity contribution in [3.63, 3.8) is 0 Å². The molecule has 1 aromatic carbocycles. The van der Waals surface area contributed by atoms with E-state index in [4.69, 9.17) is 11.6 Å². The molecular weight excluding hydrogens is 386 g/mol. The summed E-state index contributed by atoms with van der Waals surface area (Å²) in [4.78, 5) is 14.5. The summed E-state index contributed by atoms with van der Waals surface area (Å²) >= 11 is 6.23. The minimum Gasteiger partial charge on any atom is -0.307 e. The van der Waals surface area contributed by atoms with Crippen LogP contribution in [0.1, 0.15) is 64.5 Å². The first-order valence-corrected chi connectivity index (χ1v) is 11.2. The van der Waals surface area contributed by atoms with Gasteiger partial charge < -0.3 is 5.32 Å². The number of likely N-dealkylation sites (tertiary alicyclic amines) is 1. The summed E-state index contributed by atoms with van der Waals surface area (Å²) in [5.41, 5.74) is 2.40. The topological polar surface area (TPSA) is 78.5 Å². The third kappa shape index (κ3) is 5.15. The van der Waals surface area contributed by atoms with Gasteiger partial charge in [-0.1, -0.05) is 39.3 Å². The Kier molecular flexibility index (Phi) is 6.81. The fourth-order valence-electron chi connectivity index (χ4n) is 3.14. The number of hydrogen-bond acceptors (Lipinski definition) is 4. The Labute approximate surface area is 167 Å². The number of amides is 2. The lowest BCUT2D eigenvalue weighted by Crippen LogP contribution is -2.60. The SMILES string of the molecule is CC(C)c1cc(Cl)cc(C(C)C)c1NC(=O)NS(=O)(=O)C1CN(C(C)C)C1. The number of benzene rings is 1. The van der Waals surface area contributed by atoms with Crippen LogP contribution in [0.3, 0.4) is 0 Å². The van der Waals surface area contributed by atoms with Crippen LogP contribution < -0.4 is 10.0 Å².